The zero-order chi connectivity index (χ0) is 26.6. The molecule has 0 fully saturated rings. The number of nitrogens with one attached hydrogen (secondary N) is 1. The first-order valence-corrected chi connectivity index (χ1v) is 12.7. The highest BCUT2D eigenvalue weighted by Crippen LogP contribution is 2.44. The number of carbonyl (C=O) groups is 1. The quantitative estimate of drug-likeness (QED) is 0.0967. The van der Waals surface area contributed by atoms with E-state index in [1.807, 2.05) is 54.6 Å². The number of nitro groups is 1. The molecule has 0 aliphatic carbocycles. The van der Waals surface area contributed by atoms with E-state index >= 15 is 0 Å². The number of ketones is 1. The van der Waals surface area contributed by atoms with Gasteiger partial charge in [0.2, 0.25) is 0 Å². The van der Waals surface area contributed by atoms with E-state index in [4.69, 9.17) is 9.47 Å². The highest BCUT2D eigenvalue weighted by atomic mass is 32.2. The van der Waals surface area contributed by atoms with E-state index in [0.29, 0.717) is 22.6 Å². The molecule has 0 spiro atoms. The van der Waals surface area contributed by atoms with Crippen LogP contribution in [0.3, 0.4) is 0 Å². The third-order valence-electron chi connectivity index (χ3n) is 6.13. The van der Waals surface area contributed by atoms with Crippen LogP contribution < -0.4 is 14.8 Å². The van der Waals surface area contributed by atoms with E-state index in [2.05, 4.69) is 11.4 Å². The number of ether oxygens (including phenoxy) is 2. The summed E-state index contributed by atoms with van der Waals surface area (Å²) in [7, 11) is 1.58. The van der Waals surface area contributed by atoms with Crippen LogP contribution in [-0.2, 0) is 6.61 Å². The molecule has 4 aromatic rings. The first-order valence-electron chi connectivity index (χ1n) is 11.9. The van der Waals surface area contributed by atoms with Crippen molar-refractivity contribution in [3.8, 4) is 11.5 Å². The van der Waals surface area contributed by atoms with Gasteiger partial charge in [0.25, 0.3) is 5.69 Å². The van der Waals surface area contributed by atoms with Crippen LogP contribution >= 0.6 is 11.8 Å². The third kappa shape index (κ3) is 5.40. The van der Waals surface area contributed by atoms with Crippen LogP contribution in [0.15, 0.2) is 94.7 Å². The van der Waals surface area contributed by atoms with Crippen molar-refractivity contribution < 1.29 is 19.2 Å². The summed E-state index contributed by atoms with van der Waals surface area (Å²) in [4.78, 5) is 25.8. The molecule has 1 N–H and O–H groups in total. The fourth-order valence-electron chi connectivity index (χ4n) is 4.16. The van der Waals surface area contributed by atoms with Crippen molar-refractivity contribution in [3.05, 3.63) is 117 Å². The topological polar surface area (TPSA) is 90.7 Å². The number of methoxy groups -OCH3 is 1. The molecule has 190 valence electrons. The molecule has 0 bridgehead atoms. The average Bonchev–Trinajstić information content (AvgIpc) is 2.93. The number of carbonyl (C=O) groups excluding carboxylic acids is 1. The lowest BCUT2D eigenvalue weighted by molar-refractivity contribution is -0.385. The van der Waals surface area contributed by atoms with Crippen LogP contribution in [0.25, 0.3) is 6.08 Å². The minimum atomic E-state index is -0.419. The van der Waals surface area contributed by atoms with Crippen molar-refractivity contribution in [1.29, 1.82) is 0 Å². The number of anilines is 2. The number of fused-ring (bicyclic) bond motifs is 2. The van der Waals surface area contributed by atoms with Crippen LogP contribution in [0.2, 0.25) is 0 Å². The normalized spacial score (nSPS) is 11.8. The Kier molecular flexibility index (Phi) is 7.15. The second kappa shape index (κ2) is 10.8. The zero-order valence-electron chi connectivity index (χ0n) is 20.8. The second-order valence-corrected chi connectivity index (χ2v) is 9.78. The maximum atomic E-state index is 13.0. The number of allylic oxidation sites excluding steroid dienone is 1. The summed E-state index contributed by atoms with van der Waals surface area (Å²) in [5, 5.41) is 14.5. The van der Waals surface area contributed by atoms with E-state index in [1.165, 1.54) is 6.07 Å². The summed E-state index contributed by atoms with van der Waals surface area (Å²) in [5.41, 5.74) is 4.71. The maximum Gasteiger partial charge on any atom is 0.272 e. The van der Waals surface area contributed by atoms with Gasteiger partial charge >= 0.3 is 0 Å². The average molecular weight is 525 g/mol. The van der Waals surface area contributed by atoms with Gasteiger partial charge in [-0.25, -0.2) is 0 Å². The molecule has 0 aromatic heterocycles. The summed E-state index contributed by atoms with van der Waals surface area (Å²) in [6.45, 7) is 1.87. The van der Waals surface area contributed by atoms with Gasteiger partial charge in [-0.3, -0.25) is 14.9 Å². The Morgan fingerprint density at radius 1 is 1.00 bits per heavy atom. The number of para-hydroxylation sites is 1. The number of nitrogens with zero attached hydrogens (tertiary/aromatic N) is 1. The van der Waals surface area contributed by atoms with Gasteiger partial charge in [0, 0.05) is 32.5 Å². The van der Waals surface area contributed by atoms with Crippen molar-refractivity contribution in [2.24, 2.45) is 0 Å². The van der Waals surface area contributed by atoms with Crippen molar-refractivity contribution >= 4 is 40.7 Å². The Hall–Kier alpha value is -4.56. The molecule has 5 rings (SSSR count). The number of benzene rings is 4. The zero-order valence-corrected chi connectivity index (χ0v) is 21.6. The summed E-state index contributed by atoms with van der Waals surface area (Å²) < 4.78 is 11.3. The van der Waals surface area contributed by atoms with Crippen LogP contribution in [-0.4, -0.2) is 17.8 Å². The smallest absolute Gasteiger partial charge is 0.272 e. The minimum Gasteiger partial charge on any atom is -0.496 e. The highest BCUT2D eigenvalue weighted by Gasteiger charge is 2.17. The summed E-state index contributed by atoms with van der Waals surface area (Å²) >= 11 is 1.68. The first-order chi connectivity index (χ1) is 18.4. The van der Waals surface area contributed by atoms with Crippen molar-refractivity contribution in [3.63, 3.8) is 0 Å². The molecule has 8 heteroatoms. The molecule has 0 saturated carbocycles. The van der Waals surface area contributed by atoms with Gasteiger partial charge in [-0.2, -0.15) is 0 Å². The standard InChI is InChI=1S/C30H24N2O5S/c1-19-15-23(10-11-26(19)32(34)35)37-18-22-16-20(8-13-28(22)36-2)7-12-27(33)21-9-14-30-25(17-21)31-24-5-3-4-6-29(24)38-30/h3-17,31H,18H2,1-2H3/b12-7+. The molecule has 38 heavy (non-hydrogen) atoms. The van der Waals surface area contributed by atoms with E-state index in [1.54, 1.807) is 50.1 Å². The van der Waals surface area contributed by atoms with Gasteiger partial charge in [0.1, 0.15) is 18.1 Å². The van der Waals surface area contributed by atoms with E-state index < -0.39 is 4.92 Å². The van der Waals surface area contributed by atoms with Gasteiger partial charge in [-0.1, -0.05) is 36.0 Å². The molecule has 0 unspecified atom stereocenters. The summed E-state index contributed by atoms with van der Waals surface area (Å²) in [6, 6.07) is 24.0. The van der Waals surface area contributed by atoms with Crippen LogP contribution in [0.5, 0.6) is 11.5 Å². The lowest BCUT2D eigenvalue weighted by atomic mass is 10.1. The molecular weight excluding hydrogens is 500 g/mol. The Morgan fingerprint density at radius 3 is 2.61 bits per heavy atom. The van der Waals surface area contributed by atoms with Crippen LogP contribution in [0.1, 0.15) is 27.0 Å². The Balaban J connectivity index is 1.29. The highest BCUT2D eigenvalue weighted by molar-refractivity contribution is 7.99. The SMILES string of the molecule is COc1ccc(/C=C/C(=O)c2ccc3c(c2)Nc2ccccc2S3)cc1COc1ccc([N+](=O)[O-])c(C)c1. The number of nitro benzene ring substituents is 1. The summed E-state index contributed by atoms with van der Waals surface area (Å²) in [6.07, 6.45) is 3.32. The molecular formula is C30H24N2O5S. The molecule has 4 aromatic carbocycles. The first kappa shape index (κ1) is 25.1. The fourth-order valence-corrected chi connectivity index (χ4v) is 5.13. The molecule has 7 nitrogen and oxygen atoms in total. The lowest BCUT2D eigenvalue weighted by Crippen LogP contribution is -2.02. The number of hydrogen-bond donors (Lipinski definition) is 1. The van der Waals surface area contributed by atoms with Gasteiger partial charge in [-0.05, 0) is 73.2 Å². The molecule has 0 atom stereocenters. The predicted octanol–water partition coefficient (Wildman–Crippen LogP) is 7.60. The van der Waals surface area contributed by atoms with Gasteiger partial charge in [0.15, 0.2) is 5.78 Å². The van der Waals surface area contributed by atoms with E-state index in [-0.39, 0.29) is 18.1 Å². The van der Waals surface area contributed by atoms with Crippen molar-refractivity contribution in [2.75, 3.05) is 12.4 Å². The Bertz CT molecular complexity index is 1580. The van der Waals surface area contributed by atoms with E-state index in [9.17, 15) is 14.9 Å². The lowest BCUT2D eigenvalue weighted by Gasteiger charge is -2.20. The number of hydrogen-bond acceptors (Lipinski definition) is 7. The molecule has 0 saturated heterocycles. The number of aryl methyl sites for hydroxylation is 1. The third-order valence-corrected chi connectivity index (χ3v) is 7.28. The van der Waals surface area contributed by atoms with Gasteiger partial charge in [-0.15, -0.1) is 0 Å². The maximum absolute atomic E-state index is 13.0. The summed E-state index contributed by atoms with van der Waals surface area (Å²) in [5.74, 6) is 1.06. The minimum absolute atomic E-state index is 0.0463. The van der Waals surface area contributed by atoms with Crippen LogP contribution in [0, 0.1) is 17.0 Å². The van der Waals surface area contributed by atoms with E-state index in [0.717, 1.165) is 32.3 Å². The second-order valence-electron chi connectivity index (χ2n) is 8.70. The molecule has 0 radical (unpaired) electrons. The molecule has 1 heterocycles. The monoisotopic (exact) mass is 524 g/mol. The molecule has 0 amide bonds. The molecule has 1 aliphatic rings. The molecule has 1 aliphatic heterocycles. The predicted molar refractivity (Wildman–Crippen MR) is 149 cm³/mol. The Morgan fingerprint density at radius 2 is 1.82 bits per heavy atom. The van der Waals surface area contributed by atoms with Gasteiger partial charge in [0.05, 0.1) is 23.4 Å². The largest absolute Gasteiger partial charge is 0.496 e. The Labute approximate surface area is 224 Å². The van der Waals surface area contributed by atoms with Crippen LogP contribution in [0.4, 0.5) is 17.1 Å². The van der Waals surface area contributed by atoms with Crippen molar-refractivity contribution in [2.45, 2.75) is 23.3 Å². The number of rotatable bonds is 8. The van der Waals surface area contributed by atoms with Crippen molar-refractivity contribution in [1.82, 2.24) is 0 Å². The fraction of sp³-hybridized carbons (Fsp3) is 0.100. The van der Waals surface area contributed by atoms with Gasteiger partial charge < -0.3 is 14.8 Å².